The molecule has 1 saturated heterocycles. The van der Waals surface area contributed by atoms with Crippen LogP contribution in [0.3, 0.4) is 0 Å². The summed E-state index contributed by atoms with van der Waals surface area (Å²) in [4.78, 5) is 30.9. The molecule has 0 atom stereocenters. The van der Waals surface area contributed by atoms with E-state index in [1.54, 1.807) is 55.6 Å². The van der Waals surface area contributed by atoms with E-state index in [9.17, 15) is 14.7 Å². The van der Waals surface area contributed by atoms with E-state index in [0.29, 0.717) is 22.6 Å². The molecule has 1 saturated carbocycles. The molecule has 1 aliphatic carbocycles. The number of anilines is 3. The van der Waals surface area contributed by atoms with Gasteiger partial charge in [0.1, 0.15) is 17.2 Å². The fraction of sp³-hybridized carbons (Fsp3) is 0.333. The third kappa shape index (κ3) is 6.64. The van der Waals surface area contributed by atoms with Gasteiger partial charge < -0.3 is 25.4 Å². The van der Waals surface area contributed by atoms with E-state index in [2.05, 4.69) is 20.4 Å². The van der Waals surface area contributed by atoms with Gasteiger partial charge in [0.05, 0.1) is 12.8 Å². The van der Waals surface area contributed by atoms with E-state index in [4.69, 9.17) is 4.74 Å². The summed E-state index contributed by atoms with van der Waals surface area (Å²) in [6.45, 7) is 4.21. The number of methoxy groups -OCH3 is 1. The Labute approximate surface area is 235 Å². The van der Waals surface area contributed by atoms with Crippen molar-refractivity contribution in [3.8, 4) is 11.5 Å². The monoisotopic (exact) mass is 550 g/mol. The first-order chi connectivity index (χ1) is 18.5. The van der Waals surface area contributed by atoms with Crippen molar-refractivity contribution < 1.29 is 19.4 Å². The van der Waals surface area contributed by atoms with Gasteiger partial charge in [-0.1, -0.05) is 12.5 Å². The number of phenols is 1. The van der Waals surface area contributed by atoms with Crippen LogP contribution in [-0.2, 0) is 0 Å². The number of benzene rings is 3. The molecule has 206 valence electrons. The average molecular weight is 551 g/mol. The minimum Gasteiger partial charge on any atom is -0.506 e. The smallest absolute Gasteiger partial charge is 0.255 e. The molecule has 3 N–H and O–H groups in total. The zero-order valence-corrected chi connectivity index (χ0v) is 22.9. The molecule has 3 aromatic rings. The fourth-order valence-corrected chi connectivity index (χ4v) is 5.03. The zero-order chi connectivity index (χ0) is 26.5. The standard InChI is InChI=1S/C30H34N4O4.ClH/c1-38-25-15-11-22(12-16-25)29(36)31-26-7-3-8-27(35)28(26)32-30(37)21-9-13-24(14-10-21)34-18-4-17-33(19-20-34)23-5-2-6-23;/h3,7-16,23,35H,2,4-6,17-20H2,1H3,(H,31,36)(H,32,37);1H. The molecule has 5 rings (SSSR count). The number of halogens is 1. The SMILES string of the molecule is COc1ccc(C(=O)Nc2cccc(O)c2NC(=O)c2ccc(N3CCCN(C4CCC4)CC3)cc2)cc1.Cl. The second-order valence-corrected chi connectivity index (χ2v) is 9.84. The van der Waals surface area contributed by atoms with Gasteiger partial charge in [0.25, 0.3) is 11.8 Å². The lowest BCUT2D eigenvalue weighted by atomic mass is 9.91. The number of aromatic hydroxyl groups is 1. The molecule has 2 fully saturated rings. The van der Waals surface area contributed by atoms with Gasteiger partial charge >= 0.3 is 0 Å². The first-order valence-corrected chi connectivity index (χ1v) is 13.2. The molecule has 8 nitrogen and oxygen atoms in total. The lowest BCUT2D eigenvalue weighted by Crippen LogP contribution is -2.42. The van der Waals surface area contributed by atoms with Crippen molar-refractivity contribution in [1.82, 2.24) is 4.90 Å². The van der Waals surface area contributed by atoms with Gasteiger partial charge in [0.15, 0.2) is 0 Å². The van der Waals surface area contributed by atoms with E-state index >= 15 is 0 Å². The Bertz CT molecular complexity index is 1280. The highest BCUT2D eigenvalue weighted by molar-refractivity contribution is 6.11. The van der Waals surface area contributed by atoms with E-state index in [-0.39, 0.29) is 35.7 Å². The van der Waals surface area contributed by atoms with Crippen LogP contribution < -0.4 is 20.3 Å². The van der Waals surface area contributed by atoms with Crippen molar-refractivity contribution in [1.29, 1.82) is 0 Å². The second-order valence-electron chi connectivity index (χ2n) is 9.84. The van der Waals surface area contributed by atoms with E-state index in [1.807, 2.05) is 12.1 Å². The molecular weight excluding hydrogens is 516 g/mol. The Morgan fingerprint density at radius 3 is 2.13 bits per heavy atom. The third-order valence-corrected chi connectivity index (χ3v) is 7.50. The zero-order valence-electron chi connectivity index (χ0n) is 22.1. The number of phenolic OH excluding ortho intramolecular Hbond substituents is 1. The molecule has 0 spiro atoms. The Hall–Kier alpha value is -3.75. The predicted octanol–water partition coefficient (Wildman–Crippen LogP) is 5.39. The largest absolute Gasteiger partial charge is 0.506 e. The van der Waals surface area contributed by atoms with E-state index in [0.717, 1.165) is 44.3 Å². The van der Waals surface area contributed by atoms with Crippen LogP contribution in [0, 0.1) is 0 Å². The maximum atomic E-state index is 13.1. The molecule has 9 heteroatoms. The summed E-state index contributed by atoms with van der Waals surface area (Å²) in [7, 11) is 1.56. The maximum Gasteiger partial charge on any atom is 0.255 e. The number of carbonyl (C=O) groups is 2. The first-order valence-electron chi connectivity index (χ1n) is 13.2. The average Bonchev–Trinajstić information content (AvgIpc) is 3.16. The molecule has 0 aromatic heterocycles. The molecule has 39 heavy (non-hydrogen) atoms. The van der Waals surface area contributed by atoms with Crippen LogP contribution in [0.2, 0.25) is 0 Å². The molecule has 2 aliphatic rings. The Kier molecular flexibility index (Phi) is 9.32. The predicted molar refractivity (Wildman–Crippen MR) is 157 cm³/mol. The van der Waals surface area contributed by atoms with Crippen molar-refractivity contribution in [2.45, 2.75) is 31.7 Å². The van der Waals surface area contributed by atoms with Crippen LogP contribution in [0.15, 0.2) is 66.7 Å². The number of hydrogen-bond acceptors (Lipinski definition) is 6. The first kappa shape index (κ1) is 28.3. The van der Waals surface area contributed by atoms with Crippen molar-refractivity contribution in [3.05, 3.63) is 77.9 Å². The molecule has 1 heterocycles. The Morgan fingerprint density at radius 1 is 0.821 bits per heavy atom. The van der Waals surface area contributed by atoms with Crippen molar-refractivity contribution in [3.63, 3.8) is 0 Å². The van der Waals surface area contributed by atoms with Gasteiger partial charge in [0.2, 0.25) is 0 Å². The van der Waals surface area contributed by atoms with Crippen LogP contribution >= 0.6 is 12.4 Å². The van der Waals surface area contributed by atoms with Gasteiger partial charge in [-0.2, -0.15) is 0 Å². The number of nitrogens with zero attached hydrogens (tertiary/aromatic N) is 2. The minimum atomic E-state index is -0.370. The second kappa shape index (κ2) is 12.9. The summed E-state index contributed by atoms with van der Waals surface area (Å²) in [5.41, 5.74) is 2.44. The summed E-state index contributed by atoms with van der Waals surface area (Å²) >= 11 is 0. The third-order valence-electron chi connectivity index (χ3n) is 7.50. The van der Waals surface area contributed by atoms with Crippen LogP contribution in [0.25, 0.3) is 0 Å². The van der Waals surface area contributed by atoms with Gasteiger partial charge in [0, 0.05) is 49.0 Å². The van der Waals surface area contributed by atoms with E-state index < -0.39 is 0 Å². The lowest BCUT2D eigenvalue weighted by molar-refractivity contribution is 0.101. The molecule has 1 aliphatic heterocycles. The minimum absolute atomic E-state index is 0. The van der Waals surface area contributed by atoms with Gasteiger partial charge in [-0.3, -0.25) is 14.5 Å². The molecule has 3 aromatic carbocycles. The highest BCUT2D eigenvalue weighted by atomic mass is 35.5. The summed E-state index contributed by atoms with van der Waals surface area (Å²) < 4.78 is 5.14. The van der Waals surface area contributed by atoms with Crippen LogP contribution in [0.5, 0.6) is 11.5 Å². The highest BCUT2D eigenvalue weighted by Crippen LogP contribution is 2.33. The van der Waals surface area contributed by atoms with Gasteiger partial charge in [-0.15, -0.1) is 12.4 Å². The number of amides is 2. The Morgan fingerprint density at radius 2 is 1.49 bits per heavy atom. The number of para-hydroxylation sites is 1. The molecule has 0 bridgehead atoms. The summed E-state index contributed by atoms with van der Waals surface area (Å²) in [5, 5.41) is 16.0. The molecule has 2 amide bonds. The van der Waals surface area contributed by atoms with Crippen LogP contribution in [0.1, 0.15) is 46.4 Å². The lowest BCUT2D eigenvalue weighted by Gasteiger charge is -2.36. The van der Waals surface area contributed by atoms with Crippen LogP contribution in [0.4, 0.5) is 17.1 Å². The summed E-state index contributed by atoms with van der Waals surface area (Å²) in [5.74, 6) is -0.233. The van der Waals surface area contributed by atoms with Crippen molar-refractivity contribution in [2.24, 2.45) is 0 Å². The maximum absolute atomic E-state index is 13.1. The highest BCUT2D eigenvalue weighted by Gasteiger charge is 2.26. The number of carbonyl (C=O) groups excluding carboxylic acids is 2. The van der Waals surface area contributed by atoms with Gasteiger partial charge in [-0.05, 0) is 79.9 Å². The van der Waals surface area contributed by atoms with Crippen molar-refractivity contribution >= 4 is 41.3 Å². The summed E-state index contributed by atoms with van der Waals surface area (Å²) in [6.07, 6.45) is 5.14. The fourth-order valence-electron chi connectivity index (χ4n) is 5.03. The van der Waals surface area contributed by atoms with Crippen molar-refractivity contribution in [2.75, 3.05) is 48.8 Å². The normalized spacial score (nSPS) is 15.9. The number of hydrogen-bond donors (Lipinski definition) is 3. The number of ether oxygens (including phenoxy) is 1. The quantitative estimate of drug-likeness (QED) is 0.341. The molecule has 0 unspecified atom stereocenters. The molecule has 0 radical (unpaired) electrons. The van der Waals surface area contributed by atoms with E-state index in [1.165, 1.54) is 25.3 Å². The van der Waals surface area contributed by atoms with Gasteiger partial charge in [-0.25, -0.2) is 0 Å². The van der Waals surface area contributed by atoms with Crippen LogP contribution in [-0.4, -0.2) is 61.2 Å². The Balaban J connectivity index is 0.00000353. The summed E-state index contributed by atoms with van der Waals surface area (Å²) in [6, 6.07) is 19.7. The number of rotatable bonds is 7. The molecular formula is C30H35ClN4O4. The number of nitrogens with one attached hydrogen (secondary N) is 2. The topological polar surface area (TPSA) is 94.1 Å².